The Balaban J connectivity index is 0. The van der Waals surface area contributed by atoms with Gasteiger partial charge in [0.05, 0.1) is 0 Å². The van der Waals surface area contributed by atoms with Crippen molar-refractivity contribution in [2.24, 2.45) is 0 Å². The van der Waals surface area contributed by atoms with Crippen molar-refractivity contribution >= 4 is 8.32 Å². The van der Waals surface area contributed by atoms with Crippen molar-refractivity contribution < 1.29 is 54.4 Å². The number of allylic oxidation sites excluding steroid dienone is 4. The maximum Gasteiger partial charge on any atom is -1.00 e. The van der Waals surface area contributed by atoms with Crippen molar-refractivity contribution in [1.29, 1.82) is 0 Å². The molecule has 1 N–H and O–H groups in total. The van der Waals surface area contributed by atoms with Gasteiger partial charge in [0.2, 0.25) is 0 Å². The summed E-state index contributed by atoms with van der Waals surface area (Å²) in [7, 11) is -1.66. The standard InChI is InChI=1S/C16H28NO2Si.2ClH.Ti/c1-9-18-12(2)13-10-14(17-16(3,4)5)15(11-13)19-20(6,7)8;;;/h11,17H,9H2,1-8H3;2*1H;/q;;;+2/p-2. The average molecular weight is 413 g/mol. The minimum atomic E-state index is -1.66. The summed E-state index contributed by atoms with van der Waals surface area (Å²) in [6, 6.07) is 0. The van der Waals surface area contributed by atoms with E-state index < -0.39 is 8.32 Å². The van der Waals surface area contributed by atoms with Crippen molar-refractivity contribution in [1.82, 2.24) is 5.32 Å². The second kappa shape index (κ2) is 9.57. The first-order chi connectivity index (χ1) is 9.44. The van der Waals surface area contributed by atoms with Crippen LogP contribution >= 0.6 is 0 Å². The quantitative estimate of drug-likeness (QED) is 0.427. The van der Waals surface area contributed by atoms with Crippen LogP contribution in [0.1, 0.15) is 34.6 Å². The topological polar surface area (TPSA) is 30.5 Å². The number of rotatable bonds is 5. The molecular formula is C16H28Cl2NO2SiTi. The van der Waals surface area contributed by atoms with Crippen LogP contribution in [-0.4, -0.2) is 20.5 Å². The third kappa shape index (κ3) is 8.17. The average Bonchev–Trinajstić information content (AvgIpc) is 2.54. The fourth-order valence-corrected chi connectivity index (χ4v) is 3.51. The zero-order valence-corrected chi connectivity index (χ0v) is 19.4. The molecule has 1 aliphatic rings. The van der Waals surface area contributed by atoms with Crippen LogP contribution < -0.4 is 30.1 Å². The molecule has 3 nitrogen and oxygen atoms in total. The SMILES string of the molecule is CCOC(C)=C1C=C(O[Si](C)(C)C)C(NC(C)(C)C)=[C]1[Ti+2].[Cl-].[Cl-]. The van der Waals surface area contributed by atoms with Gasteiger partial charge in [-0.1, -0.05) is 0 Å². The Labute approximate surface area is 166 Å². The van der Waals surface area contributed by atoms with Crippen LogP contribution in [0.2, 0.25) is 19.6 Å². The molecule has 23 heavy (non-hydrogen) atoms. The minimum absolute atomic E-state index is 0. The third-order valence-electron chi connectivity index (χ3n) is 2.70. The van der Waals surface area contributed by atoms with E-state index in [-0.39, 0.29) is 30.4 Å². The molecule has 0 radical (unpaired) electrons. The van der Waals surface area contributed by atoms with Crippen LogP contribution in [0.15, 0.2) is 32.7 Å². The minimum Gasteiger partial charge on any atom is -1.00 e. The van der Waals surface area contributed by atoms with Gasteiger partial charge in [0.25, 0.3) is 0 Å². The Bertz CT molecular complexity index is 503. The van der Waals surface area contributed by atoms with Crippen LogP contribution in [0.25, 0.3) is 0 Å². The van der Waals surface area contributed by atoms with E-state index in [0.717, 1.165) is 22.8 Å². The number of hydrogen-bond acceptors (Lipinski definition) is 3. The monoisotopic (exact) mass is 412 g/mol. The third-order valence-corrected chi connectivity index (χ3v) is 4.34. The summed E-state index contributed by atoms with van der Waals surface area (Å²) in [5.41, 5.74) is 2.23. The Hall–Kier alpha value is 0.131. The Morgan fingerprint density at radius 1 is 1.22 bits per heavy atom. The van der Waals surface area contributed by atoms with Crippen molar-refractivity contribution in [3.05, 3.63) is 32.7 Å². The molecule has 0 saturated carbocycles. The summed E-state index contributed by atoms with van der Waals surface area (Å²) in [6.07, 6.45) is 2.12. The van der Waals surface area contributed by atoms with Gasteiger partial charge in [-0.25, -0.2) is 0 Å². The summed E-state index contributed by atoms with van der Waals surface area (Å²) >= 11 is 2.13. The Kier molecular flexibility index (Phi) is 10.6. The molecule has 131 valence electrons. The molecule has 0 amide bonds. The van der Waals surface area contributed by atoms with E-state index in [1.165, 1.54) is 3.88 Å². The predicted molar refractivity (Wildman–Crippen MR) is 86.8 cm³/mol. The Morgan fingerprint density at radius 3 is 2.13 bits per heavy atom. The second-order valence-corrected chi connectivity index (χ2v) is 12.5. The first-order valence-corrected chi connectivity index (χ1v) is 11.6. The van der Waals surface area contributed by atoms with Crippen LogP contribution in [0.5, 0.6) is 0 Å². The van der Waals surface area contributed by atoms with Crippen molar-refractivity contribution in [3.63, 3.8) is 0 Å². The van der Waals surface area contributed by atoms with Crippen LogP contribution in [-0.2, 0) is 29.6 Å². The number of halogens is 2. The fraction of sp³-hybridized carbons (Fsp3) is 0.625. The van der Waals surface area contributed by atoms with Crippen LogP contribution in [0, 0.1) is 0 Å². The summed E-state index contributed by atoms with van der Waals surface area (Å²) in [4.78, 5) is 0. The maximum atomic E-state index is 6.28. The zero-order valence-electron chi connectivity index (χ0n) is 15.4. The number of nitrogens with one attached hydrogen (secondary N) is 1. The Morgan fingerprint density at radius 2 is 1.74 bits per heavy atom. The molecule has 0 aromatic heterocycles. The van der Waals surface area contributed by atoms with E-state index in [1.807, 2.05) is 13.8 Å². The molecule has 1 aliphatic carbocycles. The molecule has 7 heteroatoms. The largest absolute Gasteiger partial charge is 1.00 e. The van der Waals surface area contributed by atoms with Crippen LogP contribution in [0.3, 0.4) is 0 Å². The molecule has 0 unspecified atom stereocenters. The molecular weight excluding hydrogens is 385 g/mol. The van der Waals surface area contributed by atoms with Crippen molar-refractivity contribution in [2.45, 2.75) is 59.8 Å². The number of ether oxygens (including phenoxy) is 1. The van der Waals surface area contributed by atoms with Gasteiger partial charge in [-0.2, -0.15) is 0 Å². The molecule has 0 aromatic rings. The van der Waals surface area contributed by atoms with Crippen LogP contribution in [0.4, 0.5) is 0 Å². The van der Waals surface area contributed by atoms with Gasteiger partial charge in [-0.05, 0) is 0 Å². The molecule has 0 fully saturated rings. The van der Waals surface area contributed by atoms with Gasteiger partial charge in [-0.15, -0.1) is 0 Å². The van der Waals surface area contributed by atoms with Gasteiger partial charge in [0, 0.05) is 0 Å². The fourth-order valence-electron chi connectivity index (χ4n) is 2.01. The second-order valence-electron chi connectivity index (χ2n) is 7.25. The van der Waals surface area contributed by atoms with E-state index >= 15 is 0 Å². The number of hydrogen-bond donors (Lipinski definition) is 1. The van der Waals surface area contributed by atoms with E-state index in [1.54, 1.807) is 0 Å². The van der Waals surface area contributed by atoms with Crippen molar-refractivity contribution in [2.75, 3.05) is 6.61 Å². The summed E-state index contributed by atoms with van der Waals surface area (Å²) in [5, 5.41) is 3.59. The molecule has 0 aliphatic heterocycles. The van der Waals surface area contributed by atoms with E-state index in [0.29, 0.717) is 6.61 Å². The first-order valence-electron chi connectivity index (χ1n) is 7.44. The summed E-state index contributed by atoms with van der Waals surface area (Å²) < 4.78 is 13.2. The van der Waals surface area contributed by atoms with Gasteiger partial charge < -0.3 is 24.8 Å². The molecule has 1 rings (SSSR count). The molecule has 0 atom stereocenters. The molecule has 0 spiro atoms. The molecule has 0 heterocycles. The van der Waals surface area contributed by atoms with E-state index in [9.17, 15) is 0 Å². The molecule has 0 aromatic carbocycles. The van der Waals surface area contributed by atoms with Gasteiger partial charge >= 0.3 is 142 Å². The molecule has 0 bridgehead atoms. The summed E-state index contributed by atoms with van der Waals surface area (Å²) in [6.45, 7) is 17.8. The predicted octanol–water partition coefficient (Wildman–Crippen LogP) is -1.80. The van der Waals surface area contributed by atoms with Gasteiger partial charge in [-0.3, -0.25) is 0 Å². The van der Waals surface area contributed by atoms with Gasteiger partial charge in [0.15, 0.2) is 0 Å². The molecule has 0 saturated heterocycles. The summed E-state index contributed by atoms with van der Waals surface area (Å²) in [5.74, 6) is 1.91. The first kappa shape index (κ1) is 25.4. The van der Waals surface area contributed by atoms with E-state index in [2.05, 4.69) is 72.2 Å². The maximum absolute atomic E-state index is 6.28. The van der Waals surface area contributed by atoms with Gasteiger partial charge in [0.1, 0.15) is 0 Å². The normalized spacial score (nSPS) is 17.0. The zero-order chi connectivity index (χ0) is 16.4. The smallest absolute Gasteiger partial charge is 1.00 e. The van der Waals surface area contributed by atoms with E-state index in [4.69, 9.17) is 9.16 Å². The van der Waals surface area contributed by atoms with Crippen molar-refractivity contribution in [3.8, 4) is 0 Å².